The fourth-order valence-corrected chi connectivity index (χ4v) is 3.14. The quantitative estimate of drug-likeness (QED) is 0.690. The van der Waals surface area contributed by atoms with Gasteiger partial charge < -0.3 is 19.5 Å². The smallest absolute Gasteiger partial charge is 0.251 e. The molecule has 1 N–H and O–H groups in total. The molecule has 0 saturated carbocycles. The van der Waals surface area contributed by atoms with Gasteiger partial charge in [-0.2, -0.15) is 4.98 Å². The normalized spacial score (nSPS) is 13.6. The Balaban J connectivity index is 1.30. The number of nitrogens with one attached hydrogen (secondary N) is 1. The fourth-order valence-electron chi connectivity index (χ4n) is 3.14. The molecule has 0 spiro atoms. The minimum absolute atomic E-state index is 0.0141. The first-order valence-corrected chi connectivity index (χ1v) is 9.23. The zero-order valence-corrected chi connectivity index (χ0v) is 15.9. The molecule has 8 nitrogen and oxygen atoms in total. The van der Waals surface area contributed by atoms with E-state index in [9.17, 15) is 9.59 Å². The van der Waals surface area contributed by atoms with Crippen LogP contribution in [0.15, 0.2) is 59.1 Å². The minimum atomic E-state index is -0.269. The fraction of sp³-hybridized carbons (Fsp3) is 0.238. The summed E-state index contributed by atoms with van der Waals surface area (Å²) < 4.78 is 10.7. The highest BCUT2D eigenvalue weighted by atomic mass is 16.5. The molecular formula is C21H20N4O4. The number of para-hydroxylation sites is 1. The highest BCUT2D eigenvalue weighted by molar-refractivity contribution is 5.96. The molecule has 1 aliphatic heterocycles. The van der Waals surface area contributed by atoms with Crippen LogP contribution in [0.1, 0.15) is 22.2 Å². The number of benzene rings is 2. The second-order valence-electron chi connectivity index (χ2n) is 6.70. The Hall–Kier alpha value is -3.68. The van der Waals surface area contributed by atoms with E-state index in [1.54, 1.807) is 36.3 Å². The third kappa shape index (κ3) is 3.96. The van der Waals surface area contributed by atoms with Gasteiger partial charge >= 0.3 is 0 Å². The Labute approximate surface area is 167 Å². The Morgan fingerprint density at radius 1 is 1.14 bits per heavy atom. The molecule has 148 valence electrons. The van der Waals surface area contributed by atoms with Crippen LogP contribution in [-0.4, -0.2) is 53.6 Å². The number of amides is 2. The number of hydrogen-bond donors (Lipinski definition) is 1. The van der Waals surface area contributed by atoms with Gasteiger partial charge in [-0.1, -0.05) is 35.5 Å². The van der Waals surface area contributed by atoms with Crippen molar-refractivity contribution in [1.82, 2.24) is 20.4 Å². The lowest BCUT2D eigenvalue weighted by molar-refractivity contribution is -0.134. The number of carbonyl (C=O) groups is 2. The molecule has 4 rings (SSSR count). The summed E-state index contributed by atoms with van der Waals surface area (Å²) in [4.78, 5) is 30.4. The topological polar surface area (TPSA) is 97.6 Å². The van der Waals surface area contributed by atoms with Gasteiger partial charge in [0, 0.05) is 18.7 Å². The molecular weight excluding hydrogens is 372 g/mol. The van der Waals surface area contributed by atoms with E-state index in [-0.39, 0.29) is 24.3 Å². The van der Waals surface area contributed by atoms with E-state index in [1.807, 2.05) is 30.3 Å². The Bertz CT molecular complexity index is 1010. The second-order valence-corrected chi connectivity index (χ2v) is 6.70. The molecule has 1 fully saturated rings. The van der Waals surface area contributed by atoms with Crippen molar-refractivity contribution >= 4 is 11.8 Å². The van der Waals surface area contributed by atoms with Gasteiger partial charge in [0.25, 0.3) is 5.91 Å². The van der Waals surface area contributed by atoms with Gasteiger partial charge in [0.15, 0.2) is 0 Å². The van der Waals surface area contributed by atoms with E-state index in [0.29, 0.717) is 36.1 Å². The average Bonchev–Trinajstić information content (AvgIpc) is 3.21. The molecule has 0 atom stereocenters. The molecule has 1 aliphatic rings. The number of likely N-dealkylation sites (tertiary alicyclic amines) is 1. The maximum absolute atomic E-state index is 12.3. The van der Waals surface area contributed by atoms with Crippen molar-refractivity contribution in [3.05, 3.63) is 66.1 Å². The van der Waals surface area contributed by atoms with E-state index >= 15 is 0 Å². The van der Waals surface area contributed by atoms with Gasteiger partial charge in [-0.05, 0) is 24.3 Å². The van der Waals surface area contributed by atoms with E-state index in [1.165, 1.54) is 0 Å². The average molecular weight is 392 g/mol. The van der Waals surface area contributed by atoms with Crippen LogP contribution in [0.5, 0.6) is 5.75 Å². The predicted octanol–water partition coefficient (Wildman–Crippen LogP) is 2.10. The molecule has 3 aromatic rings. The van der Waals surface area contributed by atoms with Gasteiger partial charge in [-0.3, -0.25) is 9.59 Å². The molecule has 2 heterocycles. The third-order valence-electron chi connectivity index (χ3n) is 4.81. The van der Waals surface area contributed by atoms with Crippen LogP contribution in [0.2, 0.25) is 0 Å². The summed E-state index contributed by atoms with van der Waals surface area (Å²) >= 11 is 0. The van der Waals surface area contributed by atoms with Gasteiger partial charge in [0.05, 0.1) is 25.1 Å². The van der Waals surface area contributed by atoms with E-state index in [4.69, 9.17) is 9.26 Å². The number of carbonyl (C=O) groups excluding carboxylic acids is 2. The van der Waals surface area contributed by atoms with E-state index in [0.717, 1.165) is 5.56 Å². The van der Waals surface area contributed by atoms with E-state index in [2.05, 4.69) is 15.5 Å². The highest BCUT2D eigenvalue weighted by Crippen LogP contribution is 2.31. The lowest BCUT2D eigenvalue weighted by atomic mass is 10.00. The number of rotatable bonds is 6. The molecule has 1 aromatic heterocycles. The van der Waals surface area contributed by atoms with E-state index < -0.39 is 0 Å². The number of methoxy groups -OCH3 is 1. The zero-order valence-electron chi connectivity index (χ0n) is 15.9. The van der Waals surface area contributed by atoms with Crippen molar-refractivity contribution in [2.75, 3.05) is 26.7 Å². The summed E-state index contributed by atoms with van der Waals surface area (Å²) in [5, 5.41) is 6.68. The largest absolute Gasteiger partial charge is 0.496 e. The number of nitrogens with zero attached hydrogens (tertiary/aromatic N) is 3. The minimum Gasteiger partial charge on any atom is -0.496 e. The second kappa shape index (κ2) is 8.14. The zero-order chi connectivity index (χ0) is 20.2. The molecule has 2 amide bonds. The summed E-state index contributed by atoms with van der Waals surface area (Å²) in [5.41, 5.74) is 1.28. The molecule has 1 saturated heterocycles. The first kappa shape index (κ1) is 18.7. The monoisotopic (exact) mass is 392 g/mol. The summed E-state index contributed by atoms with van der Waals surface area (Å²) in [6.45, 7) is 0.915. The summed E-state index contributed by atoms with van der Waals surface area (Å²) in [6, 6.07) is 16.2. The predicted molar refractivity (Wildman–Crippen MR) is 104 cm³/mol. The van der Waals surface area contributed by atoms with Crippen LogP contribution in [0, 0.1) is 0 Å². The van der Waals surface area contributed by atoms with Gasteiger partial charge in [0.1, 0.15) is 5.75 Å². The number of ether oxygens (including phenoxy) is 1. The van der Waals surface area contributed by atoms with Crippen LogP contribution in [0.4, 0.5) is 0 Å². The van der Waals surface area contributed by atoms with Crippen LogP contribution in [0.3, 0.4) is 0 Å². The molecule has 0 bridgehead atoms. The number of aromatic nitrogens is 2. The van der Waals surface area contributed by atoms with Gasteiger partial charge in [-0.25, -0.2) is 0 Å². The van der Waals surface area contributed by atoms with Crippen LogP contribution < -0.4 is 10.1 Å². The molecule has 8 heteroatoms. The lowest BCUT2D eigenvalue weighted by Crippen LogP contribution is -2.51. The molecule has 0 radical (unpaired) electrons. The summed E-state index contributed by atoms with van der Waals surface area (Å²) in [5.74, 6) is 1.18. The molecule has 2 aromatic carbocycles. The maximum Gasteiger partial charge on any atom is 0.251 e. The summed E-state index contributed by atoms with van der Waals surface area (Å²) in [6.07, 6.45) is 0. The first-order chi connectivity index (χ1) is 14.2. The van der Waals surface area contributed by atoms with Crippen LogP contribution in [-0.2, 0) is 4.79 Å². The van der Waals surface area contributed by atoms with Crippen molar-refractivity contribution in [3.63, 3.8) is 0 Å². The Kier molecular flexibility index (Phi) is 5.24. The highest BCUT2D eigenvalue weighted by Gasteiger charge is 2.35. The molecule has 29 heavy (non-hydrogen) atoms. The standard InChI is InChI=1S/C21H20N4O4/c1-28-17-10-6-5-9-16(17)19-23-21(29-24-19)15-12-25(13-15)18(26)11-22-20(27)14-7-3-2-4-8-14/h2-10,15H,11-13H2,1H3,(H,22,27). The third-order valence-corrected chi connectivity index (χ3v) is 4.81. The summed E-state index contributed by atoms with van der Waals surface area (Å²) in [7, 11) is 1.59. The Morgan fingerprint density at radius 2 is 1.86 bits per heavy atom. The lowest BCUT2D eigenvalue weighted by Gasteiger charge is -2.37. The molecule has 0 aliphatic carbocycles. The first-order valence-electron chi connectivity index (χ1n) is 9.23. The molecule has 0 unspecified atom stereocenters. The van der Waals surface area contributed by atoms with Gasteiger partial charge in [-0.15, -0.1) is 0 Å². The maximum atomic E-state index is 12.3. The van der Waals surface area contributed by atoms with Crippen molar-refractivity contribution in [1.29, 1.82) is 0 Å². The van der Waals surface area contributed by atoms with Crippen LogP contribution >= 0.6 is 0 Å². The van der Waals surface area contributed by atoms with Gasteiger partial charge in [0.2, 0.25) is 17.6 Å². The van der Waals surface area contributed by atoms with Crippen molar-refractivity contribution in [3.8, 4) is 17.1 Å². The Morgan fingerprint density at radius 3 is 2.62 bits per heavy atom. The SMILES string of the molecule is COc1ccccc1-c1noc(C2CN(C(=O)CNC(=O)c3ccccc3)C2)n1. The number of hydrogen-bond acceptors (Lipinski definition) is 6. The van der Waals surface area contributed by atoms with Crippen molar-refractivity contribution < 1.29 is 18.8 Å². The van der Waals surface area contributed by atoms with Crippen molar-refractivity contribution in [2.24, 2.45) is 0 Å². The van der Waals surface area contributed by atoms with Crippen molar-refractivity contribution in [2.45, 2.75) is 5.92 Å². The van der Waals surface area contributed by atoms with Crippen LogP contribution in [0.25, 0.3) is 11.4 Å².